The van der Waals surface area contributed by atoms with Gasteiger partial charge in [-0.3, -0.25) is 0 Å². The standard InChI is InChI=1S/C12H19NO4S/c1-10(9-13)18(14,15)8-7-17-12-6-4-3-5-11(12)16-2/h3-6,10H,7-9,13H2,1-2H3. The van der Waals surface area contributed by atoms with Crippen LogP contribution in [0, 0.1) is 0 Å². The van der Waals surface area contributed by atoms with E-state index in [0.29, 0.717) is 11.5 Å². The maximum Gasteiger partial charge on any atom is 0.161 e. The van der Waals surface area contributed by atoms with E-state index < -0.39 is 15.1 Å². The minimum atomic E-state index is -3.19. The van der Waals surface area contributed by atoms with Crippen LogP contribution in [-0.4, -0.2) is 39.7 Å². The van der Waals surface area contributed by atoms with E-state index in [1.165, 1.54) is 7.11 Å². The lowest BCUT2D eigenvalue weighted by molar-refractivity contribution is 0.311. The van der Waals surface area contributed by atoms with Gasteiger partial charge in [-0.05, 0) is 19.1 Å². The summed E-state index contributed by atoms with van der Waals surface area (Å²) < 4.78 is 33.9. The Morgan fingerprint density at radius 2 is 1.89 bits per heavy atom. The van der Waals surface area contributed by atoms with Crippen molar-refractivity contribution >= 4 is 9.84 Å². The molecule has 0 saturated heterocycles. The second-order valence-corrected chi connectivity index (χ2v) is 6.45. The Kier molecular flexibility index (Phi) is 5.43. The summed E-state index contributed by atoms with van der Waals surface area (Å²) in [6, 6.07) is 7.11. The molecule has 102 valence electrons. The Labute approximate surface area is 108 Å². The maximum absolute atomic E-state index is 11.7. The van der Waals surface area contributed by atoms with Crippen molar-refractivity contribution in [3.8, 4) is 11.5 Å². The molecule has 0 saturated carbocycles. The van der Waals surface area contributed by atoms with Gasteiger partial charge in [0.05, 0.1) is 18.1 Å². The summed E-state index contributed by atoms with van der Waals surface area (Å²) in [5.74, 6) is 1.07. The van der Waals surface area contributed by atoms with Crippen LogP contribution in [0.1, 0.15) is 6.92 Å². The Bertz CT molecular complexity index is 473. The lowest BCUT2D eigenvalue weighted by Crippen LogP contribution is -2.30. The number of para-hydroxylation sites is 2. The molecule has 5 nitrogen and oxygen atoms in total. The van der Waals surface area contributed by atoms with Crippen LogP contribution >= 0.6 is 0 Å². The van der Waals surface area contributed by atoms with E-state index in [4.69, 9.17) is 15.2 Å². The molecule has 18 heavy (non-hydrogen) atoms. The lowest BCUT2D eigenvalue weighted by atomic mass is 10.3. The molecule has 0 amide bonds. The fourth-order valence-corrected chi connectivity index (χ4v) is 2.36. The number of methoxy groups -OCH3 is 1. The molecule has 0 fully saturated rings. The number of sulfone groups is 1. The van der Waals surface area contributed by atoms with Gasteiger partial charge in [0.15, 0.2) is 21.3 Å². The minimum absolute atomic E-state index is 0.0522. The smallest absolute Gasteiger partial charge is 0.161 e. The zero-order chi connectivity index (χ0) is 13.6. The van der Waals surface area contributed by atoms with E-state index in [0.717, 1.165) is 0 Å². The molecule has 0 radical (unpaired) electrons. The third-order valence-corrected chi connectivity index (χ3v) is 4.79. The highest BCUT2D eigenvalue weighted by molar-refractivity contribution is 7.92. The Balaban J connectivity index is 2.57. The van der Waals surface area contributed by atoms with Crippen molar-refractivity contribution in [2.75, 3.05) is 26.0 Å². The highest BCUT2D eigenvalue weighted by atomic mass is 32.2. The molecule has 0 aliphatic rings. The van der Waals surface area contributed by atoms with Crippen molar-refractivity contribution < 1.29 is 17.9 Å². The number of rotatable bonds is 7. The topological polar surface area (TPSA) is 78.6 Å². The molecular weight excluding hydrogens is 254 g/mol. The van der Waals surface area contributed by atoms with Gasteiger partial charge in [-0.15, -0.1) is 0 Å². The quantitative estimate of drug-likeness (QED) is 0.796. The number of ether oxygens (including phenoxy) is 2. The first kappa shape index (κ1) is 14.8. The van der Waals surface area contributed by atoms with Crippen molar-refractivity contribution in [2.45, 2.75) is 12.2 Å². The lowest BCUT2D eigenvalue weighted by Gasteiger charge is -2.12. The van der Waals surface area contributed by atoms with Crippen molar-refractivity contribution in [1.29, 1.82) is 0 Å². The van der Waals surface area contributed by atoms with E-state index >= 15 is 0 Å². The summed E-state index contributed by atoms with van der Waals surface area (Å²) in [6.07, 6.45) is 0. The maximum atomic E-state index is 11.7. The fraction of sp³-hybridized carbons (Fsp3) is 0.500. The van der Waals surface area contributed by atoms with E-state index in [2.05, 4.69) is 0 Å². The van der Waals surface area contributed by atoms with Gasteiger partial charge in [0.1, 0.15) is 6.61 Å². The molecule has 1 aromatic carbocycles. The third-order valence-electron chi connectivity index (χ3n) is 2.64. The van der Waals surface area contributed by atoms with Crippen LogP contribution in [0.5, 0.6) is 11.5 Å². The van der Waals surface area contributed by atoms with E-state index in [1.54, 1.807) is 25.1 Å². The van der Waals surface area contributed by atoms with E-state index in [1.807, 2.05) is 6.07 Å². The molecule has 1 unspecified atom stereocenters. The summed E-state index contributed by atoms with van der Waals surface area (Å²) >= 11 is 0. The van der Waals surface area contributed by atoms with E-state index in [-0.39, 0.29) is 18.9 Å². The van der Waals surface area contributed by atoms with Gasteiger partial charge in [-0.2, -0.15) is 0 Å². The van der Waals surface area contributed by atoms with Gasteiger partial charge >= 0.3 is 0 Å². The summed E-state index contributed by atoms with van der Waals surface area (Å²) in [4.78, 5) is 0. The SMILES string of the molecule is COc1ccccc1OCCS(=O)(=O)C(C)CN. The Morgan fingerprint density at radius 1 is 1.28 bits per heavy atom. The molecule has 1 atom stereocenters. The highest BCUT2D eigenvalue weighted by Crippen LogP contribution is 2.25. The van der Waals surface area contributed by atoms with Crippen LogP contribution in [0.15, 0.2) is 24.3 Å². The minimum Gasteiger partial charge on any atom is -0.493 e. The van der Waals surface area contributed by atoms with Crippen LogP contribution in [0.4, 0.5) is 0 Å². The van der Waals surface area contributed by atoms with Gasteiger partial charge in [0, 0.05) is 6.54 Å². The number of hydrogen-bond donors (Lipinski definition) is 1. The van der Waals surface area contributed by atoms with Crippen molar-refractivity contribution in [2.24, 2.45) is 5.73 Å². The molecule has 2 N–H and O–H groups in total. The molecule has 6 heteroatoms. The largest absolute Gasteiger partial charge is 0.493 e. The monoisotopic (exact) mass is 273 g/mol. The van der Waals surface area contributed by atoms with Crippen molar-refractivity contribution in [1.82, 2.24) is 0 Å². The van der Waals surface area contributed by atoms with Crippen LogP contribution in [-0.2, 0) is 9.84 Å². The van der Waals surface area contributed by atoms with Gasteiger partial charge in [-0.1, -0.05) is 12.1 Å². The second kappa shape index (κ2) is 6.61. The number of nitrogens with two attached hydrogens (primary N) is 1. The molecule has 1 rings (SSSR count). The van der Waals surface area contributed by atoms with Gasteiger partial charge < -0.3 is 15.2 Å². The van der Waals surface area contributed by atoms with Crippen molar-refractivity contribution in [3.63, 3.8) is 0 Å². The van der Waals surface area contributed by atoms with Gasteiger partial charge in [0.25, 0.3) is 0 Å². The first-order valence-electron chi connectivity index (χ1n) is 5.68. The zero-order valence-corrected chi connectivity index (χ0v) is 11.4. The van der Waals surface area contributed by atoms with Crippen LogP contribution in [0.3, 0.4) is 0 Å². The molecule has 0 spiro atoms. The molecule has 1 aromatic rings. The molecule has 0 heterocycles. The average Bonchev–Trinajstić information content (AvgIpc) is 2.38. The molecular formula is C12H19NO4S. The van der Waals surface area contributed by atoms with Crippen LogP contribution in [0.25, 0.3) is 0 Å². The average molecular weight is 273 g/mol. The van der Waals surface area contributed by atoms with Gasteiger partial charge in [-0.25, -0.2) is 8.42 Å². The fourth-order valence-electron chi connectivity index (χ4n) is 1.35. The molecule has 0 aromatic heterocycles. The first-order chi connectivity index (χ1) is 8.51. The molecule has 0 aliphatic heterocycles. The molecule has 0 bridgehead atoms. The summed E-state index contributed by atoms with van der Waals surface area (Å²) in [7, 11) is -1.65. The van der Waals surface area contributed by atoms with Crippen molar-refractivity contribution in [3.05, 3.63) is 24.3 Å². The summed E-state index contributed by atoms with van der Waals surface area (Å²) in [6.45, 7) is 1.81. The molecule has 0 aliphatic carbocycles. The Morgan fingerprint density at radius 3 is 2.44 bits per heavy atom. The van der Waals surface area contributed by atoms with Crippen LogP contribution < -0.4 is 15.2 Å². The zero-order valence-electron chi connectivity index (χ0n) is 10.6. The summed E-state index contributed by atoms with van der Waals surface area (Å²) in [5, 5.41) is -0.543. The normalized spacial score (nSPS) is 13.1. The predicted molar refractivity (Wildman–Crippen MR) is 70.8 cm³/mol. The third kappa shape index (κ3) is 3.89. The Hall–Kier alpha value is -1.27. The van der Waals surface area contributed by atoms with Gasteiger partial charge in [0.2, 0.25) is 0 Å². The van der Waals surface area contributed by atoms with E-state index in [9.17, 15) is 8.42 Å². The number of benzene rings is 1. The first-order valence-corrected chi connectivity index (χ1v) is 7.40. The number of hydrogen-bond acceptors (Lipinski definition) is 5. The van der Waals surface area contributed by atoms with Crippen LogP contribution in [0.2, 0.25) is 0 Å². The highest BCUT2D eigenvalue weighted by Gasteiger charge is 2.19. The summed E-state index contributed by atoms with van der Waals surface area (Å²) in [5.41, 5.74) is 5.35. The predicted octanol–water partition coefficient (Wildman–Crippen LogP) is 0.836. The second-order valence-electron chi connectivity index (χ2n) is 3.91.